The van der Waals surface area contributed by atoms with Gasteiger partial charge in [0.1, 0.15) is 0 Å². The van der Waals surface area contributed by atoms with Crippen LogP contribution in [-0.4, -0.2) is 18.0 Å². The monoisotopic (exact) mass is 308 g/mol. The smallest absolute Gasteiger partial charge is 0.325 e. The molecule has 2 N–H and O–H groups in total. The molecule has 1 amide bonds. The second-order valence-corrected chi connectivity index (χ2v) is 4.73. The highest BCUT2D eigenvalue weighted by molar-refractivity contribution is 5.94. The molecule has 1 fully saturated rings. The Morgan fingerprint density at radius 1 is 1.35 bits per heavy atom. The molecule has 0 aromatic heterocycles. The van der Waals surface area contributed by atoms with Crippen molar-refractivity contribution in [3.05, 3.63) is 29.8 Å². The summed E-state index contributed by atoms with van der Waals surface area (Å²) >= 11 is 0. The normalized spacial score (nSPS) is 16.2. The first-order valence-electron chi connectivity index (χ1n) is 6.10. The summed E-state index contributed by atoms with van der Waals surface area (Å²) in [6, 6.07) is 4.57. The standard InChI is InChI=1S/C13H15F3N2O.ClH/c1-8(17-10-5-6-10)12(19)18-11-4-2-3-9(7-11)13(14,15)16;/h2-4,7-8,10,17H,5-6H2,1H3,(H,18,19);1H. The minimum Gasteiger partial charge on any atom is -0.325 e. The Morgan fingerprint density at radius 2 is 2.00 bits per heavy atom. The zero-order valence-corrected chi connectivity index (χ0v) is 11.6. The van der Waals surface area contributed by atoms with E-state index in [0.717, 1.165) is 25.0 Å². The SMILES string of the molecule is CC(NC1CC1)C(=O)Nc1cccc(C(F)(F)F)c1.Cl. The quantitative estimate of drug-likeness (QED) is 0.897. The molecule has 1 unspecified atom stereocenters. The summed E-state index contributed by atoms with van der Waals surface area (Å²) in [5.74, 6) is -0.328. The molecule has 2 rings (SSSR count). The summed E-state index contributed by atoms with van der Waals surface area (Å²) in [4.78, 5) is 11.8. The first kappa shape index (κ1) is 16.8. The van der Waals surface area contributed by atoms with Gasteiger partial charge in [-0.1, -0.05) is 6.07 Å². The van der Waals surface area contributed by atoms with Gasteiger partial charge in [0.25, 0.3) is 0 Å². The van der Waals surface area contributed by atoms with Gasteiger partial charge in [0.05, 0.1) is 11.6 Å². The predicted octanol–water partition coefficient (Wildman–Crippen LogP) is 3.21. The summed E-state index contributed by atoms with van der Waals surface area (Å²) in [5.41, 5.74) is -0.614. The van der Waals surface area contributed by atoms with Crippen molar-refractivity contribution in [3.63, 3.8) is 0 Å². The van der Waals surface area contributed by atoms with Crippen LogP contribution in [0.1, 0.15) is 25.3 Å². The number of halogens is 4. The fourth-order valence-corrected chi connectivity index (χ4v) is 1.70. The number of carbonyl (C=O) groups excluding carboxylic acids is 1. The molecule has 1 saturated carbocycles. The number of amides is 1. The minimum absolute atomic E-state index is 0. The van der Waals surface area contributed by atoms with Crippen LogP contribution in [0.2, 0.25) is 0 Å². The van der Waals surface area contributed by atoms with Crippen molar-refractivity contribution in [2.45, 2.75) is 38.0 Å². The van der Waals surface area contributed by atoms with Gasteiger partial charge in [0.2, 0.25) is 5.91 Å². The highest BCUT2D eigenvalue weighted by Gasteiger charge is 2.31. The van der Waals surface area contributed by atoms with Crippen LogP contribution in [0, 0.1) is 0 Å². The molecule has 0 bridgehead atoms. The Balaban J connectivity index is 0.00000200. The first-order chi connectivity index (χ1) is 8.86. The fourth-order valence-electron chi connectivity index (χ4n) is 1.70. The topological polar surface area (TPSA) is 41.1 Å². The zero-order valence-electron chi connectivity index (χ0n) is 10.8. The largest absolute Gasteiger partial charge is 0.416 e. The van der Waals surface area contributed by atoms with E-state index in [0.29, 0.717) is 6.04 Å². The van der Waals surface area contributed by atoms with E-state index in [9.17, 15) is 18.0 Å². The molecule has 0 saturated heterocycles. The van der Waals surface area contributed by atoms with Crippen LogP contribution in [0.4, 0.5) is 18.9 Å². The Morgan fingerprint density at radius 3 is 2.55 bits per heavy atom. The van der Waals surface area contributed by atoms with Crippen molar-refractivity contribution < 1.29 is 18.0 Å². The van der Waals surface area contributed by atoms with Gasteiger partial charge in [-0.05, 0) is 38.0 Å². The Labute approximate surface area is 121 Å². The van der Waals surface area contributed by atoms with Crippen molar-refractivity contribution in [3.8, 4) is 0 Å². The third-order valence-electron chi connectivity index (χ3n) is 2.91. The average molecular weight is 309 g/mol. The van der Waals surface area contributed by atoms with Crippen LogP contribution in [0.3, 0.4) is 0 Å². The number of benzene rings is 1. The fraction of sp³-hybridized carbons (Fsp3) is 0.462. The molecule has 7 heteroatoms. The van der Waals surface area contributed by atoms with Gasteiger partial charge < -0.3 is 10.6 Å². The molecular formula is C13H16ClF3N2O. The summed E-state index contributed by atoms with van der Waals surface area (Å²) in [5, 5.41) is 5.57. The predicted molar refractivity (Wildman–Crippen MR) is 72.9 cm³/mol. The van der Waals surface area contributed by atoms with Gasteiger partial charge in [0.15, 0.2) is 0 Å². The number of carbonyl (C=O) groups is 1. The van der Waals surface area contributed by atoms with Crippen molar-refractivity contribution >= 4 is 24.0 Å². The van der Waals surface area contributed by atoms with Crippen molar-refractivity contribution in [1.29, 1.82) is 0 Å². The van der Waals surface area contributed by atoms with Crippen LogP contribution in [-0.2, 0) is 11.0 Å². The van der Waals surface area contributed by atoms with E-state index in [1.165, 1.54) is 12.1 Å². The van der Waals surface area contributed by atoms with Gasteiger partial charge in [0, 0.05) is 11.7 Å². The third kappa shape index (κ3) is 4.68. The number of alkyl halides is 3. The number of nitrogens with one attached hydrogen (secondary N) is 2. The first-order valence-corrected chi connectivity index (χ1v) is 6.10. The summed E-state index contributed by atoms with van der Waals surface area (Å²) in [7, 11) is 0. The number of hydrogen-bond donors (Lipinski definition) is 2. The van der Waals surface area contributed by atoms with Crippen molar-refractivity contribution in [2.24, 2.45) is 0 Å². The maximum atomic E-state index is 12.5. The highest BCUT2D eigenvalue weighted by Crippen LogP contribution is 2.30. The molecule has 0 aliphatic heterocycles. The van der Waals surface area contributed by atoms with Gasteiger partial charge in [-0.25, -0.2) is 0 Å². The number of rotatable bonds is 4. The van der Waals surface area contributed by atoms with Crippen molar-refractivity contribution in [2.75, 3.05) is 5.32 Å². The van der Waals surface area contributed by atoms with E-state index in [2.05, 4.69) is 10.6 Å². The van der Waals surface area contributed by atoms with Gasteiger partial charge >= 0.3 is 6.18 Å². The van der Waals surface area contributed by atoms with E-state index < -0.39 is 17.8 Å². The summed E-state index contributed by atoms with van der Waals surface area (Å²) < 4.78 is 37.6. The lowest BCUT2D eigenvalue weighted by Crippen LogP contribution is -2.39. The Hall–Kier alpha value is -1.27. The molecule has 0 radical (unpaired) electrons. The molecule has 112 valence electrons. The lowest BCUT2D eigenvalue weighted by molar-refractivity contribution is -0.137. The molecule has 1 aromatic carbocycles. The molecule has 0 heterocycles. The Bertz CT molecular complexity index is 475. The van der Waals surface area contributed by atoms with Crippen LogP contribution < -0.4 is 10.6 Å². The minimum atomic E-state index is -4.40. The second-order valence-electron chi connectivity index (χ2n) is 4.73. The second kappa shape index (κ2) is 6.45. The van der Waals surface area contributed by atoms with Crippen LogP contribution in [0.25, 0.3) is 0 Å². The molecule has 1 aliphatic rings. The molecule has 1 aliphatic carbocycles. The van der Waals surface area contributed by atoms with Gasteiger partial charge in [-0.2, -0.15) is 13.2 Å². The van der Waals surface area contributed by atoms with Crippen LogP contribution >= 0.6 is 12.4 Å². The van der Waals surface area contributed by atoms with E-state index in [4.69, 9.17) is 0 Å². The highest BCUT2D eigenvalue weighted by atomic mass is 35.5. The van der Waals surface area contributed by atoms with Crippen LogP contribution in [0.15, 0.2) is 24.3 Å². The molecular weight excluding hydrogens is 293 g/mol. The van der Waals surface area contributed by atoms with E-state index >= 15 is 0 Å². The van der Waals surface area contributed by atoms with Crippen molar-refractivity contribution in [1.82, 2.24) is 5.32 Å². The average Bonchev–Trinajstić information content (AvgIpc) is 3.12. The van der Waals surface area contributed by atoms with E-state index in [-0.39, 0.29) is 24.0 Å². The summed E-state index contributed by atoms with van der Waals surface area (Å²) in [6.45, 7) is 1.70. The molecule has 1 aromatic rings. The third-order valence-corrected chi connectivity index (χ3v) is 2.91. The van der Waals surface area contributed by atoms with E-state index in [1.54, 1.807) is 6.92 Å². The number of anilines is 1. The lowest BCUT2D eigenvalue weighted by atomic mass is 10.2. The van der Waals surface area contributed by atoms with Gasteiger partial charge in [-0.3, -0.25) is 4.79 Å². The zero-order chi connectivity index (χ0) is 14.0. The maximum Gasteiger partial charge on any atom is 0.416 e. The molecule has 20 heavy (non-hydrogen) atoms. The van der Waals surface area contributed by atoms with Gasteiger partial charge in [-0.15, -0.1) is 12.4 Å². The molecule has 3 nitrogen and oxygen atoms in total. The molecule has 0 spiro atoms. The molecule has 1 atom stereocenters. The number of hydrogen-bond acceptors (Lipinski definition) is 2. The Kier molecular flexibility index (Phi) is 5.42. The summed E-state index contributed by atoms with van der Waals surface area (Å²) in [6.07, 6.45) is -2.32. The van der Waals surface area contributed by atoms with E-state index in [1.807, 2.05) is 0 Å². The lowest BCUT2D eigenvalue weighted by Gasteiger charge is -2.14. The maximum absolute atomic E-state index is 12.5. The van der Waals surface area contributed by atoms with Crippen LogP contribution in [0.5, 0.6) is 0 Å².